The monoisotopic (exact) mass is 249 g/mol. The largest absolute Gasteiger partial charge is 0.492 e. The van der Waals surface area contributed by atoms with Crippen LogP contribution >= 0.6 is 0 Å². The van der Waals surface area contributed by atoms with Gasteiger partial charge in [-0.05, 0) is 44.9 Å². The molecule has 0 saturated carbocycles. The standard InChI is InChI=1S/C16H27NO/c1-5-6-7-8-17-9-10-18-16-14(3)11-13(2)12-15(16)4/h11-12,17H,5-10H2,1-4H3. The summed E-state index contributed by atoms with van der Waals surface area (Å²) < 4.78 is 5.87. The third-order valence-corrected chi connectivity index (χ3v) is 3.09. The van der Waals surface area contributed by atoms with E-state index < -0.39 is 0 Å². The lowest BCUT2D eigenvalue weighted by molar-refractivity contribution is 0.309. The molecular weight excluding hydrogens is 222 g/mol. The highest BCUT2D eigenvalue weighted by molar-refractivity contribution is 5.42. The summed E-state index contributed by atoms with van der Waals surface area (Å²) in [6, 6.07) is 4.36. The molecule has 1 N–H and O–H groups in total. The van der Waals surface area contributed by atoms with Gasteiger partial charge in [-0.3, -0.25) is 0 Å². The van der Waals surface area contributed by atoms with Crippen LogP contribution in [-0.4, -0.2) is 19.7 Å². The van der Waals surface area contributed by atoms with Crippen LogP contribution in [-0.2, 0) is 0 Å². The van der Waals surface area contributed by atoms with Gasteiger partial charge in [0.05, 0.1) is 0 Å². The number of unbranched alkanes of at least 4 members (excludes halogenated alkanes) is 2. The highest BCUT2D eigenvalue weighted by Crippen LogP contribution is 2.24. The van der Waals surface area contributed by atoms with Gasteiger partial charge in [-0.15, -0.1) is 0 Å². The van der Waals surface area contributed by atoms with E-state index in [2.05, 4.69) is 45.1 Å². The lowest BCUT2D eigenvalue weighted by Crippen LogP contribution is -2.22. The van der Waals surface area contributed by atoms with Gasteiger partial charge >= 0.3 is 0 Å². The molecule has 0 bridgehead atoms. The Kier molecular flexibility index (Phi) is 6.81. The van der Waals surface area contributed by atoms with E-state index in [9.17, 15) is 0 Å². The number of nitrogens with one attached hydrogen (secondary N) is 1. The van der Waals surface area contributed by atoms with Crippen LogP contribution in [0.5, 0.6) is 5.75 Å². The Morgan fingerprint density at radius 1 is 1.00 bits per heavy atom. The van der Waals surface area contributed by atoms with Crippen molar-refractivity contribution in [3.8, 4) is 5.75 Å². The SMILES string of the molecule is CCCCCNCCOc1c(C)cc(C)cc1C. The summed E-state index contributed by atoms with van der Waals surface area (Å²) in [6.07, 6.45) is 3.85. The fraction of sp³-hybridized carbons (Fsp3) is 0.625. The second kappa shape index (κ2) is 8.15. The van der Waals surface area contributed by atoms with E-state index in [0.29, 0.717) is 0 Å². The zero-order valence-corrected chi connectivity index (χ0v) is 12.3. The highest BCUT2D eigenvalue weighted by atomic mass is 16.5. The van der Waals surface area contributed by atoms with Crippen LogP contribution in [0.2, 0.25) is 0 Å². The molecule has 0 aliphatic carbocycles. The fourth-order valence-corrected chi connectivity index (χ4v) is 2.24. The third kappa shape index (κ3) is 5.09. The maximum absolute atomic E-state index is 5.87. The molecule has 1 aromatic rings. The first-order valence-corrected chi connectivity index (χ1v) is 7.06. The topological polar surface area (TPSA) is 21.3 Å². The summed E-state index contributed by atoms with van der Waals surface area (Å²) in [5.74, 6) is 1.05. The van der Waals surface area contributed by atoms with E-state index >= 15 is 0 Å². The van der Waals surface area contributed by atoms with Crippen LogP contribution in [0.15, 0.2) is 12.1 Å². The molecule has 0 aromatic heterocycles. The molecule has 102 valence electrons. The molecule has 0 atom stereocenters. The van der Waals surface area contributed by atoms with Crippen LogP contribution in [0.3, 0.4) is 0 Å². The summed E-state index contributed by atoms with van der Waals surface area (Å²) in [5.41, 5.74) is 3.77. The Balaban J connectivity index is 2.27. The summed E-state index contributed by atoms with van der Waals surface area (Å²) in [6.45, 7) is 11.4. The summed E-state index contributed by atoms with van der Waals surface area (Å²) in [4.78, 5) is 0. The molecule has 0 amide bonds. The number of ether oxygens (including phenoxy) is 1. The zero-order valence-electron chi connectivity index (χ0n) is 12.3. The number of aryl methyl sites for hydroxylation is 3. The van der Waals surface area contributed by atoms with Gasteiger partial charge in [0.25, 0.3) is 0 Å². The predicted molar refractivity (Wildman–Crippen MR) is 78.5 cm³/mol. The minimum absolute atomic E-state index is 0.747. The van der Waals surface area contributed by atoms with Crippen molar-refractivity contribution in [2.24, 2.45) is 0 Å². The van der Waals surface area contributed by atoms with E-state index in [-0.39, 0.29) is 0 Å². The van der Waals surface area contributed by atoms with Crippen LogP contribution in [0.25, 0.3) is 0 Å². The molecule has 0 heterocycles. The molecule has 2 nitrogen and oxygen atoms in total. The molecule has 18 heavy (non-hydrogen) atoms. The molecule has 0 aliphatic heterocycles. The van der Waals surface area contributed by atoms with E-state index in [1.807, 2.05) is 0 Å². The van der Waals surface area contributed by atoms with Crippen molar-refractivity contribution in [2.45, 2.75) is 47.0 Å². The van der Waals surface area contributed by atoms with Crippen molar-refractivity contribution in [1.82, 2.24) is 5.32 Å². The maximum Gasteiger partial charge on any atom is 0.125 e. The van der Waals surface area contributed by atoms with Crippen molar-refractivity contribution < 1.29 is 4.74 Å². The minimum atomic E-state index is 0.747. The molecule has 0 spiro atoms. The first kappa shape index (κ1) is 15.0. The van der Waals surface area contributed by atoms with Crippen molar-refractivity contribution >= 4 is 0 Å². The van der Waals surface area contributed by atoms with Crippen LogP contribution in [0, 0.1) is 20.8 Å². The second-order valence-electron chi connectivity index (χ2n) is 5.03. The summed E-state index contributed by atoms with van der Waals surface area (Å²) >= 11 is 0. The first-order valence-electron chi connectivity index (χ1n) is 7.06. The molecule has 0 aliphatic rings. The predicted octanol–water partition coefficient (Wildman–Crippen LogP) is 3.77. The van der Waals surface area contributed by atoms with Crippen LogP contribution < -0.4 is 10.1 Å². The van der Waals surface area contributed by atoms with E-state index in [1.165, 1.54) is 36.0 Å². The summed E-state index contributed by atoms with van der Waals surface area (Å²) in [7, 11) is 0. The lowest BCUT2D eigenvalue weighted by Gasteiger charge is -2.13. The quantitative estimate of drug-likeness (QED) is 0.708. The molecule has 0 unspecified atom stereocenters. The maximum atomic E-state index is 5.87. The normalized spacial score (nSPS) is 10.7. The number of hydrogen-bond acceptors (Lipinski definition) is 2. The Bertz CT molecular complexity index is 337. The molecular formula is C16H27NO. The smallest absolute Gasteiger partial charge is 0.125 e. The first-order chi connectivity index (χ1) is 8.65. The van der Waals surface area contributed by atoms with Gasteiger partial charge in [-0.2, -0.15) is 0 Å². The Morgan fingerprint density at radius 2 is 1.67 bits per heavy atom. The Morgan fingerprint density at radius 3 is 2.28 bits per heavy atom. The van der Waals surface area contributed by atoms with Crippen molar-refractivity contribution in [3.05, 3.63) is 28.8 Å². The Labute approximate surface area is 112 Å². The van der Waals surface area contributed by atoms with Gasteiger partial charge in [0.2, 0.25) is 0 Å². The van der Waals surface area contributed by atoms with E-state index in [1.54, 1.807) is 0 Å². The van der Waals surface area contributed by atoms with E-state index in [4.69, 9.17) is 4.74 Å². The van der Waals surface area contributed by atoms with Gasteiger partial charge in [0.1, 0.15) is 12.4 Å². The van der Waals surface area contributed by atoms with Gasteiger partial charge in [-0.1, -0.05) is 37.5 Å². The second-order valence-corrected chi connectivity index (χ2v) is 5.03. The van der Waals surface area contributed by atoms with Crippen molar-refractivity contribution in [2.75, 3.05) is 19.7 Å². The molecule has 1 aromatic carbocycles. The van der Waals surface area contributed by atoms with Gasteiger partial charge in [0, 0.05) is 6.54 Å². The average molecular weight is 249 g/mol. The van der Waals surface area contributed by atoms with Gasteiger partial charge < -0.3 is 10.1 Å². The highest BCUT2D eigenvalue weighted by Gasteiger charge is 2.04. The summed E-state index contributed by atoms with van der Waals surface area (Å²) in [5, 5.41) is 3.42. The van der Waals surface area contributed by atoms with Crippen LogP contribution in [0.1, 0.15) is 42.9 Å². The van der Waals surface area contributed by atoms with Crippen molar-refractivity contribution in [1.29, 1.82) is 0 Å². The van der Waals surface area contributed by atoms with Gasteiger partial charge in [0.15, 0.2) is 0 Å². The number of rotatable bonds is 8. The molecule has 2 heteroatoms. The molecule has 0 fully saturated rings. The number of benzene rings is 1. The van der Waals surface area contributed by atoms with Gasteiger partial charge in [-0.25, -0.2) is 0 Å². The lowest BCUT2D eigenvalue weighted by atomic mass is 10.1. The van der Waals surface area contributed by atoms with Crippen molar-refractivity contribution in [3.63, 3.8) is 0 Å². The minimum Gasteiger partial charge on any atom is -0.492 e. The molecule has 1 rings (SSSR count). The Hall–Kier alpha value is -1.02. The van der Waals surface area contributed by atoms with Crippen LogP contribution in [0.4, 0.5) is 0 Å². The molecule has 0 saturated heterocycles. The fourth-order valence-electron chi connectivity index (χ4n) is 2.24. The van der Waals surface area contributed by atoms with E-state index in [0.717, 1.165) is 25.4 Å². The number of hydrogen-bond donors (Lipinski definition) is 1. The average Bonchev–Trinajstić information content (AvgIpc) is 2.30. The molecule has 0 radical (unpaired) electrons. The third-order valence-electron chi connectivity index (χ3n) is 3.09. The zero-order chi connectivity index (χ0) is 13.4.